The fourth-order valence-electron chi connectivity index (χ4n) is 2.13. The van der Waals surface area contributed by atoms with E-state index in [0.717, 1.165) is 5.69 Å². The Hall–Kier alpha value is -2.24. The maximum atomic E-state index is 12.2. The van der Waals surface area contributed by atoms with E-state index in [1.54, 1.807) is 12.1 Å². The lowest BCUT2D eigenvalue weighted by Crippen LogP contribution is -2.41. The van der Waals surface area contributed by atoms with Gasteiger partial charge in [0, 0.05) is 6.54 Å². The summed E-state index contributed by atoms with van der Waals surface area (Å²) < 4.78 is 5.51. The summed E-state index contributed by atoms with van der Waals surface area (Å²) in [5, 5.41) is 14.8. The van der Waals surface area contributed by atoms with Crippen LogP contribution >= 0.6 is 0 Å². The number of benzene rings is 1. The topological polar surface area (TPSA) is 87.7 Å². The van der Waals surface area contributed by atoms with Crippen molar-refractivity contribution in [1.29, 1.82) is 0 Å². The summed E-state index contributed by atoms with van der Waals surface area (Å²) >= 11 is 0. The van der Waals surface area contributed by atoms with Gasteiger partial charge in [0.2, 0.25) is 0 Å². The van der Waals surface area contributed by atoms with E-state index in [4.69, 9.17) is 9.84 Å². The van der Waals surface area contributed by atoms with E-state index in [0.29, 0.717) is 37.3 Å². The molecule has 1 aromatic rings. The second kappa shape index (κ2) is 6.27. The van der Waals surface area contributed by atoms with Gasteiger partial charge in [0.05, 0.1) is 11.3 Å². The number of carbonyl (C=O) groups is 2. The van der Waals surface area contributed by atoms with Crippen molar-refractivity contribution in [3.63, 3.8) is 0 Å². The highest BCUT2D eigenvalue weighted by Gasteiger charge is 2.23. The van der Waals surface area contributed by atoms with Crippen LogP contribution in [0.3, 0.4) is 0 Å². The molecule has 2 rings (SSSR count). The van der Waals surface area contributed by atoms with Crippen molar-refractivity contribution in [2.24, 2.45) is 0 Å². The van der Waals surface area contributed by atoms with E-state index in [-0.39, 0.29) is 0 Å². The van der Waals surface area contributed by atoms with Crippen LogP contribution in [0.15, 0.2) is 18.2 Å². The number of aliphatic carboxylic acids is 1. The lowest BCUT2D eigenvalue weighted by atomic mass is 10.1. The van der Waals surface area contributed by atoms with E-state index in [1.165, 1.54) is 0 Å². The average molecular weight is 278 g/mol. The lowest BCUT2D eigenvalue weighted by molar-refractivity contribution is -0.139. The normalized spacial score (nSPS) is 14.4. The Morgan fingerprint density at radius 1 is 1.50 bits per heavy atom. The Kier molecular flexibility index (Phi) is 4.45. The SMILES string of the molecule is CCCC(NC(=O)c1cccc2c1OCCN2)C(=O)O. The molecule has 1 aliphatic heterocycles. The lowest BCUT2D eigenvalue weighted by Gasteiger charge is -2.22. The molecule has 0 spiro atoms. The van der Waals surface area contributed by atoms with Crippen LogP contribution in [0.4, 0.5) is 5.69 Å². The van der Waals surface area contributed by atoms with Gasteiger partial charge in [-0.15, -0.1) is 0 Å². The molecule has 0 fully saturated rings. The summed E-state index contributed by atoms with van der Waals surface area (Å²) in [6.45, 7) is 3.04. The van der Waals surface area contributed by atoms with E-state index in [2.05, 4.69) is 10.6 Å². The van der Waals surface area contributed by atoms with Crippen molar-refractivity contribution in [3.05, 3.63) is 23.8 Å². The molecule has 1 heterocycles. The van der Waals surface area contributed by atoms with Gasteiger partial charge in [-0.2, -0.15) is 0 Å². The van der Waals surface area contributed by atoms with Crippen LogP contribution < -0.4 is 15.4 Å². The molecule has 6 nitrogen and oxygen atoms in total. The molecular weight excluding hydrogens is 260 g/mol. The molecule has 108 valence electrons. The first-order valence-corrected chi connectivity index (χ1v) is 6.66. The van der Waals surface area contributed by atoms with Crippen molar-refractivity contribution < 1.29 is 19.4 Å². The van der Waals surface area contributed by atoms with E-state index < -0.39 is 17.9 Å². The number of amides is 1. The quantitative estimate of drug-likeness (QED) is 0.759. The number of carboxylic acid groups (broad SMARTS) is 1. The third-order valence-corrected chi connectivity index (χ3v) is 3.10. The average Bonchev–Trinajstić information content (AvgIpc) is 2.46. The van der Waals surface area contributed by atoms with Gasteiger partial charge in [0.15, 0.2) is 5.75 Å². The zero-order chi connectivity index (χ0) is 14.5. The first kappa shape index (κ1) is 14.2. The summed E-state index contributed by atoms with van der Waals surface area (Å²) in [4.78, 5) is 23.3. The minimum atomic E-state index is -1.02. The minimum absolute atomic E-state index is 0.358. The van der Waals surface area contributed by atoms with Crippen molar-refractivity contribution in [2.75, 3.05) is 18.5 Å². The third kappa shape index (κ3) is 3.01. The summed E-state index contributed by atoms with van der Waals surface area (Å²) in [6, 6.07) is 4.32. The number of carboxylic acids is 1. The Labute approximate surface area is 117 Å². The molecular formula is C14H18N2O4. The van der Waals surface area contributed by atoms with Crippen molar-refractivity contribution in [1.82, 2.24) is 5.32 Å². The molecule has 20 heavy (non-hydrogen) atoms. The largest absolute Gasteiger partial charge is 0.489 e. The number of hydrogen-bond acceptors (Lipinski definition) is 4. The Morgan fingerprint density at radius 2 is 2.30 bits per heavy atom. The predicted octanol–water partition coefficient (Wildman–Crippen LogP) is 1.47. The number of anilines is 1. The van der Waals surface area contributed by atoms with Gasteiger partial charge in [-0.25, -0.2) is 4.79 Å². The van der Waals surface area contributed by atoms with Gasteiger partial charge in [0.25, 0.3) is 5.91 Å². The summed E-state index contributed by atoms with van der Waals surface area (Å²) in [5.41, 5.74) is 1.11. The van der Waals surface area contributed by atoms with E-state index in [9.17, 15) is 9.59 Å². The Bertz CT molecular complexity index is 516. The standard InChI is InChI=1S/C14H18N2O4/c1-2-4-11(14(18)19)16-13(17)9-5-3-6-10-12(9)20-8-7-15-10/h3,5-6,11,15H,2,4,7-8H2,1H3,(H,16,17)(H,18,19). The molecule has 6 heteroatoms. The number of fused-ring (bicyclic) bond motifs is 1. The highest BCUT2D eigenvalue weighted by atomic mass is 16.5. The highest BCUT2D eigenvalue weighted by Crippen LogP contribution is 2.31. The van der Waals surface area contributed by atoms with Gasteiger partial charge >= 0.3 is 5.97 Å². The van der Waals surface area contributed by atoms with Crippen LogP contribution in [0.1, 0.15) is 30.1 Å². The molecule has 0 saturated carbocycles. The molecule has 0 saturated heterocycles. The number of carbonyl (C=O) groups excluding carboxylic acids is 1. The van der Waals surface area contributed by atoms with Crippen molar-refractivity contribution >= 4 is 17.6 Å². The third-order valence-electron chi connectivity index (χ3n) is 3.10. The minimum Gasteiger partial charge on any atom is -0.489 e. The first-order chi connectivity index (χ1) is 9.63. The molecule has 0 aromatic heterocycles. The number of hydrogen-bond donors (Lipinski definition) is 3. The second-order valence-electron chi connectivity index (χ2n) is 4.61. The maximum absolute atomic E-state index is 12.2. The van der Waals surface area contributed by atoms with Crippen LogP contribution in [0, 0.1) is 0 Å². The zero-order valence-corrected chi connectivity index (χ0v) is 11.3. The van der Waals surface area contributed by atoms with Crippen LogP contribution in [0.2, 0.25) is 0 Å². The zero-order valence-electron chi connectivity index (χ0n) is 11.3. The summed E-state index contributed by atoms with van der Waals surface area (Å²) in [5.74, 6) is -0.965. The predicted molar refractivity (Wildman–Crippen MR) is 74.2 cm³/mol. The molecule has 0 radical (unpaired) electrons. The number of ether oxygens (including phenoxy) is 1. The summed E-state index contributed by atoms with van der Waals surface area (Å²) in [7, 11) is 0. The number of para-hydroxylation sites is 1. The van der Waals surface area contributed by atoms with Gasteiger partial charge in [-0.3, -0.25) is 4.79 Å². The molecule has 1 aromatic carbocycles. The fourth-order valence-corrected chi connectivity index (χ4v) is 2.13. The molecule has 0 bridgehead atoms. The molecule has 1 aliphatic rings. The van der Waals surface area contributed by atoms with Crippen LogP contribution in [0.5, 0.6) is 5.75 Å². The molecule has 1 amide bonds. The first-order valence-electron chi connectivity index (χ1n) is 6.66. The maximum Gasteiger partial charge on any atom is 0.326 e. The monoisotopic (exact) mass is 278 g/mol. The molecule has 0 aliphatic carbocycles. The Balaban J connectivity index is 2.19. The number of rotatable bonds is 5. The molecule has 1 atom stereocenters. The second-order valence-corrected chi connectivity index (χ2v) is 4.61. The van der Waals surface area contributed by atoms with Crippen LogP contribution in [-0.2, 0) is 4.79 Å². The van der Waals surface area contributed by atoms with Crippen molar-refractivity contribution in [3.8, 4) is 5.75 Å². The van der Waals surface area contributed by atoms with Crippen molar-refractivity contribution in [2.45, 2.75) is 25.8 Å². The molecule has 1 unspecified atom stereocenters. The van der Waals surface area contributed by atoms with E-state index >= 15 is 0 Å². The Morgan fingerprint density at radius 3 is 3.00 bits per heavy atom. The van der Waals surface area contributed by atoms with E-state index in [1.807, 2.05) is 13.0 Å². The van der Waals surface area contributed by atoms with Gasteiger partial charge in [-0.1, -0.05) is 19.4 Å². The summed E-state index contributed by atoms with van der Waals surface area (Å²) in [6.07, 6.45) is 1.08. The van der Waals surface area contributed by atoms with Gasteiger partial charge < -0.3 is 20.5 Å². The van der Waals surface area contributed by atoms with Crippen LogP contribution in [0.25, 0.3) is 0 Å². The van der Waals surface area contributed by atoms with Crippen LogP contribution in [-0.4, -0.2) is 36.2 Å². The van der Waals surface area contributed by atoms with Gasteiger partial charge in [0.1, 0.15) is 12.6 Å². The van der Waals surface area contributed by atoms with Gasteiger partial charge in [-0.05, 0) is 18.6 Å². The number of nitrogens with one attached hydrogen (secondary N) is 2. The molecule has 3 N–H and O–H groups in total. The fraction of sp³-hybridized carbons (Fsp3) is 0.429. The highest BCUT2D eigenvalue weighted by molar-refractivity contribution is 6.00. The smallest absolute Gasteiger partial charge is 0.326 e.